The van der Waals surface area contributed by atoms with Crippen LogP contribution in [0.5, 0.6) is 5.75 Å². The van der Waals surface area contributed by atoms with Crippen LogP contribution in [0.3, 0.4) is 0 Å². The van der Waals surface area contributed by atoms with Crippen LogP contribution in [0.4, 0.5) is 0 Å². The predicted octanol–water partition coefficient (Wildman–Crippen LogP) is 3.32. The van der Waals surface area contributed by atoms with E-state index < -0.39 is 6.10 Å². The van der Waals surface area contributed by atoms with Crippen LogP contribution in [0.2, 0.25) is 0 Å². The van der Waals surface area contributed by atoms with E-state index in [1.807, 2.05) is 13.0 Å². The first-order chi connectivity index (χ1) is 12.0. The van der Waals surface area contributed by atoms with E-state index in [4.69, 9.17) is 9.26 Å². The van der Waals surface area contributed by atoms with Gasteiger partial charge in [-0.05, 0) is 45.7 Å². The van der Waals surface area contributed by atoms with Gasteiger partial charge in [0.2, 0.25) is 0 Å². The van der Waals surface area contributed by atoms with Crippen molar-refractivity contribution in [1.82, 2.24) is 10.1 Å². The fraction of sp³-hybridized carbons (Fsp3) is 0.421. The van der Waals surface area contributed by atoms with Crippen LogP contribution in [-0.2, 0) is 4.79 Å². The third kappa shape index (κ3) is 3.73. The van der Waals surface area contributed by atoms with Crippen LogP contribution in [-0.4, -0.2) is 34.4 Å². The van der Waals surface area contributed by atoms with E-state index >= 15 is 0 Å². The molecule has 25 heavy (non-hydrogen) atoms. The highest BCUT2D eigenvalue weighted by Gasteiger charge is 2.34. The van der Waals surface area contributed by atoms with Crippen LogP contribution in [0.1, 0.15) is 54.5 Å². The standard InChI is InChI=1S/C19H22N2O4/c1-12-10-17(20-25-12)18-8-5-9-21(18)19(23)14(3)24-16-7-4-6-15(11-16)13(2)22/h4,6-7,10-11,14,18H,5,8-9H2,1-3H3/t14-,18+/m0/s1. The zero-order chi connectivity index (χ0) is 18.0. The van der Waals surface area contributed by atoms with Gasteiger partial charge in [0.1, 0.15) is 17.2 Å². The highest BCUT2D eigenvalue weighted by Crippen LogP contribution is 2.32. The lowest BCUT2D eigenvalue weighted by molar-refractivity contribution is -0.139. The smallest absolute Gasteiger partial charge is 0.263 e. The van der Waals surface area contributed by atoms with Gasteiger partial charge in [-0.3, -0.25) is 9.59 Å². The van der Waals surface area contributed by atoms with Gasteiger partial charge in [-0.15, -0.1) is 0 Å². The van der Waals surface area contributed by atoms with Crippen LogP contribution < -0.4 is 4.74 Å². The number of carbonyl (C=O) groups is 2. The number of carbonyl (C=O) groups excluding carboxylic acids is 2. The number of Topliss-reactive ketones (excluding diaryl/α,β-unsaturated/α-hetero) is 1. The van der Waals surface area contributed by atoms with Crippen LogP contribution in [0, 0.1) is 6.92 Å². The Balaban J connectivity index is 1.71. The monoisotopic (exact) mass is 342 g/mol. The van der Waals surface area contributed by atoms with Gasteiger partial charge in [0, 0.05) is 18.2 Å². The molecule has 6 heteroatoms. The van der Waals surface area contributed by atoms with Crippen molar-refractivity contribution < 1.29 is 18.8 Å². The molecule has 0 saturated carbocycles. The summed E-state index contributed by atoms with van der Waals surface area (Å²) in [5.41, 5.74) is 1.35. The zero-order valence-electron chi connectivity index (χ0n) is 14.7. The van der Waals surface area contributed by atoms with Crippen LogP contribution in [0.25, 0.3) is 0 Å². The van der Waals surface area contributed by atoms with E-state index in [0.29, 0.717) is 17.9 Å². The Bertz CT molecular complexity index is 783. The first kappa shape index (κ1) is 17.2. The maximum absolute atomic E-state index is 12.8. The maximum Gasteiger partial charge on any atom is 0.263 e. The van der Waals surface area contributed by atoms with Gasteiger partial charge in [0.25, 0.3) is 5.91 Å². The number of aromatic nitrogens is 1. The number of aryl methyl sites for hydroxylation is 1. The molecule has 0 aliphatic carbocycles. The summed E-state index contributed by atoms with van der Waals surface area (Å²) in [7, 11) is 0. The summed E-state index contributed by atoms with van der Waals surface area (Å²) in [6.45, 7) is 5.75. The number of ketones is 1. The lowest BCUT2D eigenvalue weighted by Crippen LogP contribution is -2.40. The van der Waals surface area contributed by atoms with Gasteiger partial charge < -0.3 is 14.2 Å². The van der Waals surface area contributed by atoms with E-state index in [9.17, 15) is 9.59 Å². The van der Waals surface area contributed by atoms with Gasteiger partial charge in [0.05, 0.1) is 6.04 Å². The molecule has 1 aliphatic rings. The Morgan fingerprint density at radius 1 is 1.36 bits per heavy atom. The third-order valence-corrected chi connectivity index (χ3v) is 4.42. The van der Waals surface area contributed by atoms with E-state index in [2.05, 4.69) is 5.16 Å². The molecule has 1 saturated heterocycles. The molecule has 0 N–H and O–H groups in total. The molecule has 2 atom stereocenters. The number of benzene rings is 1. The summed E-state index contributed by atoms with van der Waals surface area (Å²) in [6, 6.07) is 8.69. The van der Waals surface area contributed by atoms with E-state index in [1.54, 1.807) is 36.1 Å². The Labute approximate surface area is 146 Å². The Morgan fingerprint density at radius 2 is 2.16 bits per heavy atom. The largest absolute Gasteiger partial charge is 0.481 e. The summed E-state index contributed by atoms with van der Waals surface area (Å²) >= 11 is 0. The van der Waals surface area contributed by atoms with Crippen molar-refractivity contribution in [3.63, 3.8) is 0 Å². The van der Waals surface area contributed by atoms with Crippen molar-refractivity contribution in [3.05, 3.63) is 47.3 Å². The number of nitrogens with zero attached hydrogens (tertiary/aromatic N) is 2. The summed E-state index contributed by atoms with van der Waals surface area (Å²) in [4.78, 5) is 26.1. The minimum absolute atomic E-state index is 0.0366. The average molecular weight is 342 g/mol. The maximum atomic E-state index is 12.8. The molecule has 0 bridgehead atoms. The summed E-state index contributed by atoms with van der Waals surface area (Å²) in [6.07, 6.45) is 1.15. The number of hydrogen-bond acceptors (Lipinski definition) is 5. The fourth-order valence-electron chi connectivity index (χ4n) is 3.16. The molecule has 1 amide bonds. The van der Waals surface area contributed by atoms with Gasteiger partial charge in [-0.25, -0.2) is 0 Å². The Morgan fingerprint density at radius 3 is 2.84 bits per heavy atom. The van der Waals surface area contributed by atoms with Crippen molar-refractivity contribution in [2.75, 3.05) is 6.54 Å². The lowest BCUT2D eigenvalue weighted by atomic mass is 10.1. The van der Waals surface area contributed by atoms with Crippen molar-refractivity contribution >= 4 is 11.7 Å². The molecule has 132 valence electrons. The molecule has 0 radical (unpaired) electrons. The van der Waals surface area contributed by atoms with Crippen molar-refractivity contribution in [2.45, 2.75) is 45.8 Å². The number of amides is 1. The zero-order valence-corrected chi connectivity index (χ0v) is 14.7. The molecule has 1 aliphatic heterocycles. The second-order valence-corrected chi connectivity index (χ2v) is 6.40. The predicted molar refractivity (Wildman–Crippen MR) is 91.5 cm³/mol. The summed E-state index contributed by atoms with van der Waals surface area (Å²) in [5, 5.41) is 4.06. The third-order valence-electron chi connectivity index (χ3n) is 4.42. The van der Waals surface area contributed by atoms with Crippen molar-refractivity contribution in [3.8, 4) is 5.75 Å². The normalized spacial score (nSPS) is 18.2. The Kier molecular flexibility index (Phi) is 4.88. The van der Waals surface area contributed by atoms with Gasteiger partial charge in [-0.2, -0.15) is 0 Å². The minimum Gasteiger partial charge on any atom is -0.481 e. The highest BCUT2D eigenvalue weighted by molar-refractivity contribution is 5.94. The van der Waals surface area contributed by atoms with Gasteiger partial charge in [-0.1, -0.05) is 17.3 Å². The Hall–Kier alpha value is -2.63. The van der Waals surface area contributed by atoms with Crippen LogP contribution >= 0.6 is 0 Å². The van der Waals surface area contributed by atoms with Crippen molar-refractivity contribution in [1.29, 1.82) is 0 Å². The molecule has 1 aromatic heterocycles. The van der Waals surface area contributed by atoms with E-state index in [1.165, 1.54) is 6.92 Å². The average Bonchev–Trinajstić information content (AvgIpc) is 3.22. The van der Waals surface area contributed by atoms with Crippen LogP contribution in [0.15, 0.2) is 34.9 Å². The molecule has 2 aromatic rings. The number of hydrogen-bond donors (Lipinski definition) is 0. The quantitative estimate of drug-likeness (QED) is 0.780. The molecule has 2 heterocycles. The minimum atomic E-state index is -0.643. The summed E-state index contributed by atoms with van der Waals surface area (Å²) < 4.78 is 10.9. The summed E-state index contributed by atoms with van der Waals surface area (Å²) in [5.74, 6) is 1.13. The number of likely N-dealkylation sites (tertiary alicyclic amines) is 1. The highest BCUT2D eigenvalue weighted by atomic mass is 16.5. The van der Waals surface area contributed by atoms with Gasteiger partial charge in [0.15, 0.2) is 11.9 Å². The number of ether oxygens (including phenoxy) is 1. The topological polar surface area (TPSA) is 72.6 Å². The molecule has 1 aromatic carbocycles. The lowest BCUT2D eigenvalue weighted by Gasteiger charge is -2.26. The number of rotatable bonds is 5. The second-order valence-electron chi connectivity index (χ2n) is 6.40. The SMILES string of the molecule is CC(=O)c1cccc(O[C@@H](C)C(=O)N2CCC[C@@H]2c2cc(C)on2)c1. The van der Waals surface area contributed by atoms with E-state index in [0.717, 1.165) is 24.3 Å². The van der Waals surface area contributed by atoms with Crippen molar-refractivity contribution in [2.24, 2.45) is 0 Å². The molecular formula is C19H22N2O4. The molecule has 6 nitrogen and oxygen atoms in total. The molecular weight excluding hydrogens is 320 g/mol. The van der Waals surface area contributed by atoms with Gasteiger partial charge >= 0.3 is 0 Å². The molecule has 0 spiro atoms. The molecule has 1 fully saturated rings. The first-order valence-electron chi connectivity index (χ1n) is 8.47. The molecule has 3 rings (SSSR count). The fourth-order valence-corrected chi connectivity index (χ4v) is 3.16. The molecule has 0 unspecified atom stereocenters. The van der Waals surface area contributed by atoms with E-state index in [-0.39, 0.29) is 17.7 Å². The first-order valence-corrected chi connectivity index (χ1v) is 8.47. The second kappa shape index (κ2) is 7.09.